The van der Waals surface area contributed by atoms with E-state index >= 15 is 0 Å². The molecule has 3 heterocycles. The van der Waals surface area contributed by atoms with Gasteiger partial charge in [0.25, 0.3) is 0 Å². The Balaban J connectivity index is 1.97. The Morgan fingerprint density at radius 3 is 2.92 bits per heavy atom. The number of hydrogen-bond acceptors (Lipinski definition) is 8. The molecule has 0 fully saturated rings. The number of aryl methyl sites for hydroxylation is 1. The first-order chi connectivity index (χ1) is 11.6. The zero-order chi connectivity index (χ0) is 17.1. The number of anilines is 1. The van der Waals surface area contributed by atoms with E-state index in [1.807, 2.05) is 26.0 Å². The predicted molar refractivity (Wildman–Crippen MR) is 92.2 cm³/mol. The molecule has 3 aromatic heterocycles. The molecule has 124 valence electrons. The number of nitrogens with one attached hydrogen (secondary N) is 1. The molecular weight excluding hydrogens is 326 g/mol. The van der Waals surface area contributed by atoms with Crippen LogP contribution in [0.2, 0.25) is 0 Å². The van der Waals surface area contributed by atoms with Crippen molar-refractivity contribution in [1.82, 2.24) is 19.9 Å². The lowest BCUT2D eigenvalue weighted by molar-refractivity contribution is 0.0522. The van der Waals surface area contributed by atoms with Crippen molar-refractivity contribution in [3.8, 4) is 0 Å². The number of carbonyl (C=O) groups is 1. The summed E-state index contributed by atoms with van der Waals surface area (Å²) in [7, 11) is 0. The zero-order valence-corrected chi connectivity index (χ0v) is 14.4. The van der Waals surface area contributed by atoms with Crippen LogP contribution < -0.4 is 5.32 Å². The van der Waals surface area contributed by atoms with E-state index in [9.17, 15) is 4.79 Å². The minimum atomic E-state index is -0.467. The molecule has 0 aliphatic heterocycles. The third-order valence-electron chi connectivity index (χ3n) is 3.36. The van der Waals surface area contributed by atoms with Gasteiger partial charge in [-0.2, -0.15) is 4.98 Å². The van der Waals surface area contributed by atoms with Crippen LogP contribution in [-0.2, 0) is 4.74 Å². The first kappa shape index (κ1) is 16.3. The largest absolute Gasteiger partial charge is 0.461 e. The molecule has 0 spiro atoms. The minimum Gasteiger partial charge on any atom is -0.461 e. The number of hydrogen-bond donors (Lipinski definition) is 1. The zero-order valence-electron chi connectivity index (χ0n) is 13.6. The number of fused-ring (bicyclic) bond motifs is 1. The van der Waals surface area contributed by atoms with Gasteiger partial charge in [-0.1, -0.05) is 6.07 Å². The Morgan fingerprint density at radius 1 is 1.38 bits per heavy atom. The van der Waals surface area contributed by atoms with Crippen LogP contribution in [0.1, 0.15) is 40.9 Å². The Morgan fingerprint density at radius 2 is 2.21 bits per heavy atom. The number of rotatable bonds is 5. The number of aromatic nitrogens is 4. The smallest absolute Gasteiger partial charge is 0.358 e. The average Bonchev–Trinajstić information content (AvgIpc) is 2.95. The van der Waals surface area contributed by atoms with Gasteiger partial charge in [-0.3, -0.25) is 4.98 Å². The molecule has 0 aromatic carbocycles. The third kappa shape index (κ3) is 3.33. The number of thiazole rings is 1. The van der Waals surface area contributed by atoms with E-state index in [1.165, 1.54) is 11.3 Å². The highest BCUT2D eigenvalue weighted by molar-refractivity contribution is 7.18. The molecule has 3 rings (SSSR count). The maximum Gasteiger partial charge on any atom is 0.358 e. The van der Waals surface area contributed by atoms with Gasteiger partial charge in [-0.25, -0.2) is 14.8 Å². The van der Waals surface area contributed by atoms with Crippen molar-refractivity contribution in [2.24, 2.45) is 0 Å². The third-order valence-corrected chi connectivity index (χ3v) is 4.33. The molecule has 0 aliphatic rings. The molecule has 3 aromatic rings. The Hall–Kier alpha value is -2.61. The van der Waals surface area contributed by atoms with Gasteiger partial charge in [0.15, 0.2) is 11.3 Å². The first-order valence-electron chi connectivity index (χ1n) is 7.57. The topological polar surface area (TPSA) is 89.9 Å². The van der Waals surface area contributed by atoms with E-state index in [0.717, 1.165) is 10.6 Å². The fourth-order valence-corrected chi connectivity index (χ4v) is 3.08. The van der Waals surface area contributed by atoms with Crippen molar-refractivity contribution >= 4 is 33.6 Å². The second-order valence-corrected chi connectivity index (χ2v) is 6.36. The van der Waals surface area contributed by atoms with E-state index in [0.29, 0.717) is 16.3 Å². The summed E-state index contributed by atoms with van der Waals surface area (Å²) in [6.45, 7) is 5.89. The summed E-state index contributed by atoms with van der Waals surface area (Å²) in [5, 5.41) is 4.01. The van der Waals surface area contributed by atoms with Gasteiger partial charge in [0.05, 0.1) is 17.7 Å². The van der Waals surface area contributed by atoms with E-state index in [4.69, 9.17) is 4.74 Å². The first-order valence-corrected chi connectivity index (χ1v) is 8.39. The van der Waals surface area contributed by atoms with E-state index < -0.39 is 5.97 Å². The van der Waals surface area contributed by atoms with Crippen molar-refractivity contribution < 1.29 is 9.53 Å². The normalized spacial score (nSPS) is 12.1. The summed E-state index contributed by atoms with van der Waals surface area (Å²) in [5.74, 6) is -0.127. The van der Waals surface area contributed by atoms with Gasteiger partial charge in [0, 0.05) is 12.4 Å². The lowest BCUT2D eigenvalue weighted by atomic mass is 10.1. The van der Waals surface area contributed by atoms with Crippen LogP contribution in [0.25, 0.3) is 10.3 Å². The van der Waals surface area contributed by atoms with E-state index in [1.54, 1.807) is 19.3 Å². The van der Waals surface area contributed by atoms with Gasteiger partial charge in [-0.05, 0) is 32.4 Å². The number of ether oxygens (including phenoxy) is 1. The maximum atomic E-state index is 12.2. The van der Waals surface area contributed by atoms with Gasteiger partial charge in [0.1, 0.15) is 4.70 Å². The summed E-state index contributed by atoms with van der Waals surface area (Å²) in [5.41, 5.74) is 1.73. The molecule has 0 bridgehead atoms. The minimum absolute atomic E-state index is 0.0640. The fraction of sp³-hybridized carbons (Fsp3) is 0.312. The lowest BCUT2D eigenvalue weighted by Gasteiger charge is -2.14. The maximum absolute atomic E-state index is 12.2. The molecular formula is C16H17N5O2S. The fourth-order valence-electron chi connectivity index (χ4n) is 2.24. The summed E-state index contributed by atoms with van der Waals surface area (Å²) >= 11 is 1.38. The van der Waals surface area contributed by atoms with Crippen LogP contribution in [0, 0.1) is 6.92 Å². The van der Waals surface area contributed by atoms with Crippen LogP contribution >= 0.6 is 11.3 Å². The van der Waals surface area contributed by atoms with Gasteiger partial charge in [0.2, 0.25) is 5.95 Å². The number of pyridine rings is 1. The highest BCUT2D eigenvalue weighted by Gasteiger charge is 2.20. The van der Waals surface area contributed by atoms with E-state index in [2.05, 4.69) is 25.3 Å². The SMILES string of the molecule is CCOC(=O)c1nc(N[C@@H](C)c2cccnc2)nc2nc(C)sc12. The van der Waals surface area contributed by atoms with Crippen molar-refractivity contribution in [1.29, 1.82) is 0 Å². The molecule has 0 unspecified atom stereocenters. The quantitative estimate of drug-likeness (QED) is 0.712. The number of nitrogens with zero attached hydrogens (tertiary/aromatic N) is 4. The number of carbonyl (C=O) groups excluding carboxylic acids is 1. The molecule has 0 aliphatic carbocycles. The van der Waals surface area contributed by atoms with Gasteiger partial charge >= 0.3 is 5.97 Å². The summed E-state index contributed by atoms with van der Waals surface area (Å²) in [4.78, 5) is 29.4. The Kier molecular flexibility index (Phi) is 4.66. The van der Waals surface area contributed by atoms with Crippen molar-refractivity contribution in [3.05, 3.63) is 40.8 Å². The van der Waals surface area contributed by atoms with Crippen LogP contribution in [0.4, 0.5) is 5.95 Å². The summed E-state index contributed by atoms with van der Waals surface area (Å²) in [6, 6.07) is 3.76. The van der Waals surface area contributed by atoms with Crippen molar-refractivity contribution in [2.45, 2.75) is 26.8 Å². The summed E-state index contributed by atoms with van der Waals surface area (Å²) in [6.07, 6.45) is 3.49. The van der Waals surface area contributed by atoms with E-state index in [-0.39, 0.29) is 18.3 Å². The molecule has 0 saturated heterocycles. The van der Waals surface area contributed by atoms with Crippen LogP contribution in [0.5, 0.6) is 0 Å². The van der Waals surface area contributed by atoms with Crippen molar-refractivity contribution in [3.63, 3.8) is 0 Å². The molecule has 24 heavy (non-hydrogen) atoms. The highest BCUT2D eigenvalue weighted by atomic mass is 32.1. The molecule has 1 N–H and O–H groups in total. The predicted octanol–water partition coefficient (Wildman–Crippen LogP) is 3.14. The van der Waals surface area contributed by atoms with Crippen LogP contribution in [0.3, 0.4) is 0 Å². The Bertz CT molecular complexity index is 866. The second-order valence-electron chi connectivity index (χ2n) is 5.15. The van der Waals surface area contributed by atoms with Crippen molar-refractivity contribution in [2.75, 3.05) is 11.9 Å². The monoisotopic (exact) mass is 343 g/mol. The van der Waals surface area contributed by atoms with Gasteiger partial charge < -0.3 is 10.1 Å². The summed E-state index contributed by atoms with van der Waals surface area (Å²) < 4.78 is 5.75. The lowest BCUT2D eigenvalue weighted by Crippen LogP contribution is -2.13. The standard InChI is InChI=1S/C16H17N5O2S/c1-4-23-15(22)12-13-14(19-10(3)24-13)21-16(20-12)18-9(2)11-6-5-7-17-8-11/h5-9H,4H2,1-3H3,(H,18,20,21)/t9-/m0/s1. The second kappa shape index (κ2) is 6.88. The molecule has 7 nitrogen and oxygen atoms in total. The van der Waals surface area contributed by atoms with Crippen LogP contribution in [0.15, 0.2) is 24.5 Å². The molecule has 8 heteroatoms. The molecule has 0 saturated carbocycles. The molecule has 0 amide bonds. The average molecular weight is 343 g/mol. The highest BCUT2D eigenvalue weighted by Crippen LogP contribution is 2.26. The van der Waals surface area contributed by atoms with Crippen LogP contribution in [-0.4, -0.2) is 32.5 Å². The molecule has 0 radical (unpaired) electrons. The number of esters is 1. The molecule has 1 atom stereocenters. The Labute approximate surface area is 143 Å². The van der Waals surface area contributed by atoms with Gasteiger partial charge in [-0.15, -0.1) is 11.3 Å².